The Hall–Kier alpha value is -1.76. The van der Waals surface area contributed by atoms with Crippen molar-refractivity contribution in [2.45, 2.75) is 26.2 Å². The first kappa shape index (κ1) is 13.3. The highest BCUT2D eigenvalue weighted by Gasteiger charge is 1.96. The van der Waals surface area contributed by atoms with E-state index in [2.05, 4.69) is 6.92 Å². The monoisotopic (exact) mass is 228 g/mol. The predicted molar refractivity (Wildman–Crippen MR) is 73.2 cm³/mol. The molecule has 1 N–H and O–H groups in total. The van der Waals surface area contributed by atoms with Gasteiger partial charge in [-0.2, -0.15) is 0 Å². The Bertz CT molecular complexity index is 369. The van der Waals surface area contributed by atoms with Gasteiger partial charge in [-0.1, -0.05) is 67.9 Å². The van der Waals surface area contributed by atoms with Crippen molar-refractivity contribution in [3.05, 3.63) is 66.2 Å². The molecule has 0 saturated heterocycles. The second-order valence-corrected chi connectivity index (χ2v) is 3.89. The Labute approximate surface area is 104 Å². The molecule has 2 aromatic rings. The summed E-state index contributed by atoms with van der Waals surface area (Å²) in [7, 11) is 0. The van der Waals surface area contributed by atoms with E-state index in [4.69, 9.17) is 0 Å². The quantitative estimate of drug-likeness (QED) is 0.824. The van der Waals surface area contributed by atoms with E-state index < -0.39 is 0 Å². The van der Waals surface area contributed by atoms with E-state index in [1.165, 1.54) is 6.42 Å². The minimum absolute atomic E-state index is 0.431. The zero-order valence-electron chi connectivity index (χ0n) is 10.3. The first-order valence-corrected chi connectivity index (χ1v) is 6.11. The number of phenols is 1. The van der Waals surface area contributed by atoms with Crippen LogP contribution in [0, 0.1) is 0 Å². The zero-order chi connectivity index (χ0) is 12.3. The molecule has 0 saturated carbocycles. The molecule has 0 aliphatic carbocycles. The van der Waals surface area contributed by atoms with Gasteiger partial charge in [0, 0.05) is 0 Å². The Kier molecular flexibility index (Phi) is 6.57. The molecule has 0 atom stereocenters. The second-order valence-electron chi connectivity index (χ2n) is 3.89. The maximum Gasteiger partial charge on any atom is 0.118 e. The molecule has 0 bridgehead atoms. The molecule has 0 fully saturated rings. The van der Waals surface area contributed by atoms with Gasteiger partial charge in [0.2, 0.25) is 0 Å². The van der Waals surface area contributed by atoms with Crippen molar-refractivity contribution in [3.8, 4) is 5.75 Å². The van der Waals surface area contributed by atoms with Gasteiger partial charge in [0.25, 0.3) is 0 Å². The second kappa shape index (κ2) is 8.40. The van der Waals surface area contributed by atoms with E-state index in [1.54, 1.807) is 6.07 Å². The average molecular weight is 228 g/mol. The van der Waals surface area contributed by atoms with E-state index in [1.807, 2.05) is 54.6 Å². The summed E-state index contributed by atoms with van der Waals surface area (Å²) in [5.41, 5.74) is 1.06. The molecule has 0 unspecified atom stereocenters. The van der Waals surface area contributed by atoms with Crippen LogP contribution in [0.4, 0.5) is 0 Å². The maximum absolute atomic E-state index is 9.34. The minimum atomic E-state index is 0.431. The topological polar surface area (TPSA) is 20.2 Å². The number of hydrogen-bond donors (Lipinski definition) is 1. The van der Waals surface area contributed by atoms with Crippen LogP contribution in [0.5, 0.6) is 5.75 Å². The van der Waals surface area contributed by atoms with Gasteiger partial charge in [-0.3, -0.25) is 0 Å². The lowest BCUT2D eigenvalue weighted by molar-refractivity contribution is 0.467. The SMILES string of the molecule is CCCCc1ccccc1O.c1ccccc1. The first-order valence-electron chi connectivity index (χ1n) is 6.11. The summed E-state index contributed by atoms with van der Waals surface area (Å²) in [6, 6.07) is 19.5. The number of para-hydroxylation sites is 1. The fraction of sp³-hybridized carbons (Fsp3) is 0.250. The molecule has 0 aromatic heterocycles. The fourth-order valence-electron chi connectivity index (χ4n) is 1.47. The highest BCUT2D eigenvalue weighted by atomic mass is 16.3. The van der Waals surface area contributed by atoms with Gasteiger partial charge in [-0.15, -0.1) is 0 Å². The Morgan fingerprint density at radius 1 is 0.824 bits per heavy atom. The third kappa shape index (κ3) is 5.76. The molecule has 0 radical (unpaired) electrons. The summed E-state index contributed by atoms with van der Waals surface area (Å²) >= 11 is 0. The number of rotatable bonds is 3. The molecule has 0 aliphatic rings. The third-order valence-corrected chi connectivity index (χ3v) is 2.46. The number of aryl methyl sites for hydroxylation is 1. The maximum atomic E-state index is 9.34. The van der Waals surface area contributed by atoms with Gasteiger partial charge in [-0.25, -0.2) is 0 Å². The van der Waals surface area contributed by atoms with Crippen LogP contribution in [0.15, 0.2) is 60.7 Å². The molecule has 0 heterocycles. The van der Waals surface area contributed by atoms with Crippen LogP contribution in [0.1, 0.15) is 25.3 Å². The van der Waals surface area contributed by atoms with Gasteiger partial charge in [0.15, 0.2) is 0 Å². The summed E-state index contributed by atoms with van der Waals surface area (Å²) < 4.78 is 0. The van der Waals surface area contributed by atoms with Crippen molar-refractivity contribution in [2.75, 3.05) is 0 Å². The smallest absolute Gasteiger partial charge is 0.118 e. The fourth-order valence-corrected chi connectivity index (χ4v) is 1.47. The van der Waals surface area contributed by atoms with E-state index in [0.717, 1.165) is 18.4 Å². The summed E-state index contributed by atoms with van der Waals surface area (Å²) in [5, 5.41) is 9.34. The average Bonchev–Trinajstić information content (AvgIpc) is 2.41. The zero-order valence-corrected chi connectivity index (χ0v) is 10.3. The summed E-state index contributed by atoms with van der Waals surface area (Å²) in [4.78, 5) is 0. The highest BCUT2D eigenvalue weighted by molar-refractivity contribution is 5.31. The van der Waals surface area contributed by atoms with Crippen molar-refractivity contribution in [1.29, 1.82) is 0 Å². The molecule has 1 nitrogen and oxygen atoms in total. The van der Waals surface area contributed by atoms with Gasteiger partial charge in [0.1, 0.15) is 5.75 Å². The van der Waals surface area contributed by atoms with Crippen molar-refractivity contribution in [1.82, 2.24) is 0 Å². The van der Waals surface area contributed by atoms with E-state index >= 15 is 0 Å². The molecule has 0 aliphatic heterocycles. The Morgan fingerprint density at radius 3 is 1.82 bits per heavy atom. The highest BCUT2D eigenvalue weighted by Crippen LogP contribution is 2.17. The van der Waals surface area contributed by atoms with Crippen LogP contribution in [0.2, 0.25) is 0 Å². The number of aromatic hydroxyl groups is 1. The molecular weight excluding hydrogens is 208 g/mol. The van der Waals surface area contributed by atoms with Crippen LogP contribution >= 0.6 is 0 Å². The van der Waals surface area contributed by atoms with E-state index in [0.29, 0.717) is 5.75 Å². The number of unbranched alkanes of at least 4 members (excludes halogenated alkanes) is 1. The van der Waals surface area contributed by atoms with Crippen LogP contribution < -0.4 is 0 Å². The summed E-state index contributed by atoms with van der Waals surface area (Å²) in [6.45, 7) is 2.15. The van der Waals surface area contributed by atoms with Crippen molar-refractivity contribution in [3.63, 3.8) is 0 Å². The largest absolute Gasteiger partial charge is 0.508 e. The minimum Gasteiger partial charge on any atom is -0.508 e. The van der Waals surface area contributed by atoms with Crippen LogP contribution in [0.25, 0.3) is 0 Å². The Morgan fingerprint density at radius 2 is 1.35 bits per heavy atom. The molecular formula is C16H20O. The lowest BCUT2D eigenvalue weighted by Crippen LogP contribution is -1.83. The molecule has 0 amide bonds. The molecule has 2 aromatic carbocycles. The summed E-state index contributed by atoms with van der Waals surface area (Å²) in [5.74, 6) is 0.431. The van der Waals surface area contributed by atoms with Crippen molar-refractivity contribution in [2.24, 2.45) is 0 Å². The lowest BCUT2D eigenvalue weighted by Gasteiger charge is -2.01. The number of phenolic OH excluding ortho intramolecular Hbond substituents is 1. The van der Waals surface area contributed by atoms with Crippen LogP contribution in [-0.2, 0) is 6.42 Å². The van der Waals surface area contributed by atoms with E-state index in [9.17, 15) is 5.11 Å². The molecule has 17 heavy (non-hydrogen) atoms. The van der Waals surface area contributed by atoms with Crippen molar-refractivity contribution < 1.29 is 5.11 Å². The molecule has 0 spiro atoms. The van der Waals surface area contributed by atoms with Crippen LogP contribution in [0.3, 0.4) is 0 Å². The van der Waals surface area contributed by atoms with E-state index in [-0.39, 0.29) is 0 Å². The lowest BCUT2D eigenvalue weighted by atomic mass is 10.1. The summed E-state index contributed by atoms with van der Waals surface area (Å²) in [6.07, 6.45) is 3.31. The Balaban J connectivity index is 0.000000202. The van der Waals surface area contributed by atoms with Gasteiger partial charge < -0.3 is 5.11 Å². The molecule has 1 heteroatoms. The molecule has 90 valence electrons. The normalized spacial score (nSPS) is 9.24. The van der Waals surface area contributed by atoms with Gasteiger partial charge in [-0.05, 0) is 24.5 Å². The standard InChI is InChI=1S/C10H14O.C6H6/c1-2-3-6-9-7-4-5-8-10(9)11;1-2-4-6-5-3-1/h4-5,7-8,11H,2-3,6H2,1H3;1-6H. The third-order valence-electron chi connectivity index (χ3n) is 2.46. The van der Waals surface area contributed by atoms with Gasteiger partial charge >= 0.3 is 0 Å². The predicted octanol–water partition coefficient (Wildman–Crippen LogP) is 4.42. The first-order chi connectivity index (χ1) is 8.34. The van der Waals surface area contributed by atoms with Crippen LogP contribution in [-0.4, -0.2) is 5.11 Å². The number of benzene rings is 2. The molecule has 2 rings (SSSR count). The van der Waals surface area contributed by atoms with Gasteiger partial charge in [0.05, 0.1) is 0 Å². The van der Waals surface area contributed by atoms with Crippen molar-refractivity contribution >= 4 is 0 Å². The number of hydrogen-bond acceptors (Lipinski definition) is 1.